The summed E-state index contributed by atoms with van der Waals surface area (Å²) in [6, 6.07) is 7.47. The van der Waals surface area contributed by atoms with Gasteiger partial charge >= 0.3 is 0 Å². The minimum Gasteiger partial charge on any atom is -0.489 e. The lowest BCUT2D eigenvalue weighted by atomic mass is 9.87. The smallest absolute Gasteiger partial charge is 0.229 e. The number of hydrogen-bond acceptors (Lipinski definition) is 9. The van der Waals surface area contributed by atoms with Crippen LogP contribution in [-0.2, 0) is 9.84 Å². The van der Waals surface area contributed by atoms with Gasteiger partial charge < -0.3 is 20.7 Å². The van der Waals surface area contributed by atoms with Crippen LogP contribution in [0.4, 0.5) is 23.1 Å². The molecule has 0 aliphatic carbocycles. The summed E-state index contributed by atoms with van der Waals surface area (Å²) in [5.74, 6) is 1.76. The second-order valence-electron chi connectivity index (χ2n) is 9.99. The molecule has 1 aromatic carbocycles. The maximum absolute atomic E-state index is 12.8. The van der Waals surface area contributed by atoms with Crippen LogP contribution in [0.25, 0.3) is 0 Å². The van der Waals surface area contributed by atoms with Crippen LogP contribution in [0.5, 0.6) is 5.75 Å². The zero-order valence-corrected chi connectivity index (χ0v) is 23.9. The van der Waals surface area contributed by atoms with Crippen LogP contribution in [0.1, 0.15) is 57.6 Å². The SMILES string of the molecule is Cc1cc(Nc2ncc(Cl)c(Nc3cccnc3S(=O)(=O)C(C)C)n2)c(OC(C)C)cc1C1CCNCC1. The zero-order valence-electron chi connectivity index (χ0n) is 22.4. The van der Waals surface area contributed by atoms with Crippen LogP contribution in [0, 0.1) is 6.92 Å². The number of benzene rings is 1. The van der Waals surface area contributed by atoms with Crippen molar-refractivity contribution in [3.8, 4) is 5.75 Å². The number of nitrogens with one attached hydrogen (secondary N) is 3. The highest BCUT2D eigenvalue weighted by Gasteiger charge is 2.25. The second kappa shape index (κ2) is 11.8. The van der Waals surface area contributed by atoms with E-state index in [1.165, 1.54) is 23.5 Å². The summed E-state index contributed by atoms with van der Waals surface area (Å²) in [5.41, 5.74) is 3.50. The molecular formula is C27H35ClN6O3S. The van der Waals surface area contributed by atoms with Crippen molar-refractivity contribution in [3.63, 3.8) is 0 Å². The third kappa shape index (κ3) is 6.36. The van der Waals surface area contributed by atoms with Crippen molar-refractivity contribution in [2.45, 2.75) is 69.8 Å². The lowest BCUT2D eigenvalue weighted by molar-refractivity contribution is 0.243. The normalized spacial score (nSPS) is 14.6. The van der Waals surface area contributed by atoms with Crippen molar-refractivity contribution < 1.29 is 13.2 Å². The molecule has 0 radical (unpaired) electrons. The molecule has 11 heteroatoms. The van der Waals surface area contributed by atoms with E-state index in [2.05, 4.69) is 50.0 Å². The molecule has 38 heavy (non-hydrogen) atoms. The number of piperidine rings is 1. The van der Waals surface area contributed by atoms with Crippen molar-refractivity contribution in [1.82, 2.24) is 20.3 Å². The van der Waals surface area contributed by atoms with Gasteiger partial charge in [0.2, 0.25) is 5.95 Å². The Morgan fingerprint density at radius 1 is 1.08 bits per heavy atom. The number of aromatic nitrogens is 3. The maximum atomic E-state index is 12.8. The Bertz CT molecular complexity index is 1390. The molecule has 0 saturated carbocycles. The third-order valence-corrected chi connectivity index (χ3v) is 8.80. The Balaban J connectivity index is 1.66. The lowest BCUT2D eigenvalue weighted by Gasteiger charge is -2.26. The number of anilines is 4. The maximum Gasteiger partial charge on any atom is 0.229 e. The summed E-state index contributed by atoms with van der Waals surface area (Å²) in [7, 11) is -3.63. The summed E-state index contributed by atoms with van der Waals surface area (Å²) >= 11 is 6.40. The Labute approximate surface area is 229 Å². The molecule has 2 aromatic heterocycles. The number of halogens is 1. The van der Waals surface area contributed by atoms with Crippen molar-refractivity contribution in [1.29, 1.82) is 0 Å². The molecule has 3 aromatic rings. The second-order valence-corrected chi connectivity index (χ2v) is 12.8. The van der Waals surface area contributed by atoms with E-state index in [0.717, 1.165) is 37.4 Å². The fraction of sp³-hybridized carbons (Fsp3) is 0.444. The first-order valence-corrected chi connectivity index (χ1v) is 14.8. The first-order valence-electron chi connectivity index (χ1n) is 12.8. The van der Waals surface area contributed by atoms with E-state index in [-0.39, 0.29) is 27.9 Å². The first kappa shape index (κ1) is 28.1. The molecule has 1 aliphatic heterocycles. The fourth-order valence-corrected chi connectivity index (χ4v) is 5.64. The van der Waals surface area contributed by atoms with E-state index in [1.807, 2.05) is 13.8 Å². The van der Waals surface area contributed by atoms with Gasteiger partial charge in [0.1, 0.15) is 10.8 Å². The van der Waals surface area contributed by atoms with Gasteiger partial charge in [-0.1, -0.05) is 11.6 Å². The van der Waals surface area contributed by atoms with Crippen LogP contribution < -0.4 is 20.7 Å². The molecule has 0 unspecified atom stereocenters. The Morgan fingerprint density at radius 3 is 2.50 bits per heavy atom. The first-order chi connectivity index (χ1) is 18.1. The van der Waals surface area contributed by atoms with Gasteiger partial charge in [-0.05, 0) is 102 Å². The van der Waals surface area contributed by atoms with E-state index in [9.17, 15) is 8.42 Å². The number of rotatable bonds is 9. The summed E-state index contributed by atoms with van der Waals surface area (Å²) < 4.78 is 31.9. The quantitative estimate of drug-likeness (QED) is 0.301. The molecule has 3 heterocycles. The molecule has 0 amide bonds. The molecule has 9 nitrogen and oxygen atoms in total. The van der Waals surface area contributed by atoms with Gasteiger partial charge in [0, 0.05) is 6.20 Å². The number of nitrogens with zero attached hydrogens (tertiary/aromatic N) is 3. The van der Waals surface area contributed by atoms with Crippen LogP contribution in [-0.4, -0.2) is 47.8 Å². The number of ether oxygens (including phenoxy) is 1. The van der Waals surface area contributed by atoms with Gasteiger partial charge in [0.25, 0.3) is 0 Å². The van der Waals surface area contributed by atoms with Gasteiger partial charge in [-0.3, -0.25) is 0 Å². The third-order valence-electron chi connectivity index (χ3n) is 6.41. The van der Waals surface area contributed by atoms with E-state index < -0.39 is 15.1 Å². The van der Waals surface area contributed by atoms with Crippen molar-refractivity contribution >= 4 is 44.6 Å². The van der Waals surface area contributed by atoms with E-state index >= 15 is 0 Å². The zero-order chi connectivity index (χ0) is 27.4. The molecule has 3 N–H and O–H groups in total. The molecule has 4 rings (SSSR count). The minimum absolute atomic E-state index is 0.0191. The van der Waals surface area contributed by atoms with Crippen molar-refractivity contribution in [3.05, 3.63) is 52.8 Å². The average Bonchev–Trinajstić information content (AvgIpc) is 2.88. The number of hydrogen-bond donors (Lipinski definition) is 3. The molecule has 1 saturated heterocycles. The molecule has 204 valence electrons. The predicted molar refractivity (Wildman–Crippen MR) is 152 cm³/mol. The molecule has 1 aliphatic rings. The molecule has 0 atom stereocenters. The number of sulfone groups is 1. The molecule has 1 fully saturated rings. The molecule has 0 spiro atoms. The van der Waals surface area contributed by atoms with E-state index in [1.54, 1.807) is 26.0 Å². The largest absolute Gasteiger partial charge is 0.489 e. The number of aryl methyl sites for hydroxylation is 1. The summed E-state index contributed by atoms with van der Waals surface area (Å²) in [6.45, 7) is 11.3. The lowest BCUT2D eigenvalue weighted by Crippen LogP contribution is -2.27. The molecular weight excluding hydrogens is 524 g/mol. The van der Waals surface area contributed by atoms with Gasteiger partial charge in [0.15, 0.2) is 20.7 Å². The predicted octanol–water partition coefficient (Wildman–Crippen LogP) is 5.76. The Hall–Kier alpha value is -2.95. The monoisotopic (exact) mass is 558 g/mol. The summed E-state index contributed by atoms with van der Waals surface area (Å²) in [4.78, 5) is 13.0. The van der Waals surface area contributed by atoms with Crippen LogP contribution in [0.3, 0.4) is 0 Å². The highest BCUT2D eigenvalue weighted by Crippen LogP contribution is 2.37. The summed E-state index contributed by atoms with van der Waals surface area (Å²) in [5, 5.41) is 9.28. The van der Waals surface area contributed by atoms with Crippen LogP contribution in [0.15, 0.2) is 41.7 Å². The van der Waals surface area contributed by atoms with Crippen molar-refractivity contribution in [2.24, 2.45) is 0 Å². The minimum atomic E-state index is -3.63. The molecule has 0 bridgehead atoms. The highest BCUT2D eigenvalue weighted by atomic mass is 35.5. The average molecular weight is 559 g/mol. The van der Waals surface area contributed by atoms with Crippen LogP contribution >= 0.6 is 11.6 Å². The van der Waals surface area contributed by atoms with E-state index in [0.29, 0.717) is 11.6 Å². The van der Waals surface area contributed by atoms with Gasteiger partial charge in [-0.25, -0.2) is 18.4 Å². The summed E-state index contributed by atoms with van der Waals surface area (Å²) in [6.07, 6.45) is 5.07. The van der Waals surface area contributed by atoms with E-state index in [4.69, 9.17) is 16.3 Å². The van der Waals surface area contributed by atoms with Gasteiger partial charge in [-0.2, -0.15) is 4.98 Å². The van der Waals surface area contributed by atoms with Gasteiger partial charge in [-0.15, -0.1) is 0 Å². The Morgan fingerprint density at radius 2 is 1.82 bits per heavy atom. The van der Waals surface area contributed by atoms with Crippen LogP contribution in [0.2, 0.25) is 5.02 Å². The highest BCUT2D eigenvalue weighted by molar-refractivity contribution is 7.92. The Kier molecular flexibility index (Phi) is 8.74. The topological polar surface area (TPSA) is 118 Å². The standard InChI is InChI=1S/C27H35ClN6O3S/c1-16(2)37-24-14-20(19-8-11-29-12-9-19)18(5)13-23(24)33-27-31-15-21(28)25(34-27)32-22-7-6-10-30-26(22)38(35,36)17(3)4/h6-7,10,13-17,19,29H,8-9,11-12H2,1-5H3,(H2,31,32,33,34). The number of pyridine rings is 1. The fourth-order valence-electron chi connectivity index (χ4n) is 4.42. The van der Waals surface area contributed by atoms with Crippen molar-refractivity contribution in [2.75, 3.05) is 23.7 Å². The van der Waals surface area contributed by atoms with Gasteiger partial charge in [0.05, 0.1) is 28.9 Å².